The van der Waals surface area contributed by atoms with Crippen LogP contribution in [0, 0.1) is 5.92 Å². The van der Waals surface area contributed by atoms with E-state index in [9.17, 15) is 0 Å². The highest BCUT2D eigenvalue weighted by molar-refractivity contribution is 5.05. The van der Waals surface area contributed by atoms with Crippen LogP contribution in [0.25, 0.3) is 0 Å². The van der Waals surface area contributed by atoms with Gasteiger partial charge >= 0.3 is 6.01 Å². The molecule has 4 nitrogen and oxygen atoms in total. The Labute approximate surface area is 96.2 Å². The van der Waals surface area contributed by atoms with Crippen molar-refractivity contribution in [3.8, 4) is 6.01 Å². The fourth-order valence-electron chi connectivity index (χ4n) is 2.04. The second kappa shape index (κ2) is 5.25. The molecule has 2 N–H and O–H groups in total. The number of hydrogen-bond acceptors (Lipinski definition) is 4. The molecule has 0 unspecified atom stereocenters. The number of aromatic nitrogens is 2. The summed E-state index contributed by atoms with van der Waals surface area (Å²) in [7, 11) is 0. The van der Waals surface area contributed by atoms with Crippen molar-refractivity contribution in [3.05, 3.63) is 18.0 Å². The normalized spacial score (nSPS) is 25.4. The smallest absolute Gasteiger partial charge is 0.316 e. The third kappa shape index (κ3) is 2.92. The second-order valence-corrected chi connectivity index (χ2v) is 4.53. The van der Waals surface area contributed by atoms with Crippen molar-refractivity contribution in [2.75, 3.05) is 0 Å². The topological polar surface area (TPSA) is 61.0 Å². The summed E-state index contributed by atoms with van der Waals surface area (Å²) < 4.78 is 5.77. The molecule has 0 radical (unpaired) electrons. The van der Waals surface area contributed by atoms with Gasteiger partial charge in [0, 0.05) is 12.7 Å². The Morgan fingerprint density at radius 1 is 1.38 bits per heavy atom. The highest BCUT2D eigenvalue weighted by Gasteiger charge is 2.20. The molecule has 1 aliphatic carbocycles. The maximum absolute atomic E-state index is 5.77. The van der Waals surface area contributed by atoms with Gasteiger partial charge in [-0.2, -0.15) is 4.98 Å². The van der Waals surface area contributed by atoms with E-state index in [2.05, 4.69) is 16.9 Å². The molecule has 0 aromatic carbocycles. The maximum atomic E-state index is 5.77. The van der Waals surface area contributed by atoms with Gasteiger partial charge in [-0.3, -0.25) is 0 Å². The molecule has 0 saturated heterocycles. The molecule has 0 bridgehead atoms. The standard InChI is InChI=1S/C12H19N3O/c1-9-2-4-11(5-3-9)16-12-14-7-6-10(8-13)15-12/h6-7,9,11H,2-5,8,13H2,1H3. The van der Waals surface area contributed by atoms with Gasteiger partial charge in [-0.1, -0.05) is 6.92 Å². The average molecular weight is 221 g/mol. The molecule has 1 aromatic rings. The number of hydrogen-bond donors (Lipinski definition) is 1. The van der Waals surface area contributed by atoms with Crippen molar-refractivity contribution < 1.29 is 4.74 Å². The summed E-state index contributed by atoms with van der Waals surface area (Å²) in [4.78, 5) is 8.36. The Kier molecular flexibility index (Phi) is 3.72. The Hall–Kier alpha value is -1.16. The van der Waals surface area contributed by atoms with Crippen LogP contribution in [0.5, 0.6) is 6.01 Å². The first-order valence-electron chi connectivity index (χ1n) is 5.96. The molecule has 0 spiro atoms. The van der Waals surface area contributed by atoms with Crippen LogP contribution in [-0.2, 0) is 6.54 Å². The van der Waals surface area contributed by atoms with Crippen molar-refractivity contribution in [1.29, 1.82) is 0 Å². The number of rotatable bonds is 3. The third-order valence-electron chi connectivity index (χ3n) is 3.14. The van der Waals surface area contributed by atoms with E-state index >= 15 is 0 Å². The van der Waals surface area contributed by atoms with E-state index in [-0.39, 0.29) is 6.10 Å². The van der Waals surface area contributed by atoms with Gasteiger partial charge in [-0.15, -0.1) is 0 Å². The lowest BCUT2D eigenvalue weighted by Crippen LogP contribution is -2.24. The average Bonchev–Trinajstić information content (AvgIpc) is 2.32. The predicted molar refractivity (Wildman–Crippen MR) is 62.0 cm³/mol. The first kappa shape index (κ1) is 11.3. The Morgan fingerprint density at radius 2 is 2.12 bits per heavy atom. The van der Waals surface area contributed by atoms with Crippen molar-refractivity contribution >= 4 is 0 Å². The number of ether oxygens (including phenoxy) is 1. The van der Waals surface area contributed by atoms with Gasteiger partial charge < -0.3 is 10.5 Å². The van der Waals surface area contributed by atoms with E-state index in [1.807, 2.05) is 6.07 Å². The largest absolute Gasteiger partial charge is 0.460 e. The molecule has 1 aliphatic rings. The zero-order valence-electron chi connectivity index (χ0n) is 9.72. The maximum Gasteiger partial charge on any atom is 0.316 e. The summed E-state index contributed by atoms with van der Waals surface area (Å²) in [5.74, 6) is 0.830. The molecule has 16 heavy (non-hydrogen) atoms. The van der Waals surface area contributed by atoms with Gasteiger partial charge in [0.15, 0.2) is 0 Å². The molecular formula is C12H19N3O. The van der Waals surface area contributed by atoms with E-state index in [0.717, 1.165) is 24.5 Å². The molecule has 1 heterocycles. The summed E-state index contributed by atoms with van der Waals surface area (Å²) in [6.07, 6.45) is 6.68. The number of nitrogens with two attached hydrogens (primary N) is 1. The van der Waals surface area contributed by atoms with Gasteiger partial charge in [0.25, 0.3) is 0 Å². The lowest BCUT2D eigenvalue weighted by atomic mass is 9.89. The van der Waals surface area contributed by atoms with E-state index in [0.29, 0.717) is 12.6 Å². The molecule has 4 heteroatoms. The highest BCUT2D eigenvalue weighted by Crippen LogP contribution is 2.25. The first-order chi connectivity index (χ1) is 7.78. The fourth-order valence-corrected chi connectivity index (χ4v) is 2.04. The van der Waals surface area contributed by atoms with Crippen LogP contribution < -0.4 is 10.5 Å². The summed E-state index contributed by atoms with van der Waals surface area (Å²) >= 11 is 0. The SMILES string of the molecule is CC1CCC(Oc2nccc(CN)n2)CC1. The van der Waals surface area contributed by atoms with E-state index < -0.39 is 0 Å². The molecular weight excluding hydrogens is 202 g/mol. The Balaban J connectivity index is 1.93. The minimum Gasteiger partial charge on any atom is -0.460 e. The zero-order chi connectivity index (χ0) is 11.4. The van der Waals surface area contributed by atoms with Crippen LogP contribution in [0.3, 0.4) is 0 Å². The van der Waals surface area contributed by atoms with Gasteiger partial charge in [0.05, 0.1) is 5.69 Å². The number of nitrogens with zero attached hydrogens (tertiary/aromatic N) is 2. The monoisotopic (exact) mass is 221 g/mol. The van der Waals surface area contributed by atoms with Gasteiger partial charge in [0.1, 0.15) is 6.10 Å². The third-order valence-corrected chi connectivity index (χ3v) is 3.14. The summed E-state index contributed by atoms with van der Waals surface area (Å²) in [5, 5.41) is 0. The van der Waals surface area contributed by atoms with Crippen LogP contribution in [0.1, 0.15) is 38.3 Å². The lowest BCUT2D eigenvalue weighted by Gasteiger charge is -2.25. The predicted octanol–water partition coefficient (Wildman–Crippen LogP) is 1.89. The molecule has 0 amide bonds. The van der Waals surface area contributed by atoms with Crippen molar-refractivity contribution in [1.82, 2.24) is 9.97 Å². The van der Waals surface area contributed by atoms with Crippen LogP contribution in [-0.4, -0.2) is 16.1 Å². The van der Waals surface area contributed by atoms with E-state index in [1.54, 1.807) is 6.20 Å². The molecule has 88 valence electrons. The van der Waals surface area contributed by atoms with Crippen molar-refractivity contribution in [2.24, 2.45) is 11.7 Å². The molecule has 1 fully saturated rings. The fraction of sp³-hybridized carbons (Fsp3) is 0.667. The summed E-state index contributed by atoms with van der Waals surface area (Å²) in [6, 6.07) is 2.29. The Bertz CT molecular complexity index is 335. The summed E-state index contributed by atoms with van der Waals surface area (Å²) in [6.45, 7) is 2.72. The molecule has 1 aromatic heterocycles. The van der Waals surface area contributed by atoms with Crippen molar-refractivity contribution in [2.45, 2.75) is 45.3 Å². The van der Waals surface area contributed by atoms with E-state index in [4.69, 9.17) is 10.5 Å². The zero-order valence-corrected chi connectivity index (χ0v) is 9.72. The van der Waals surface area contributed by atoms with Gasteiger partial charge in [0.2, 0.25) is 0 Å². The van der Waals surface area contributed by atoms with Crippen LogP contribution in [0.2, 0.25) is 0 Å². The van der Waals surface area contributed by atoms with Gasteiger partial charge in [-0.05, 0) is 37.7 Å². The van der Waals surface area contributed by atoms with Crippen LogP contribution in [0.4, 0.5) is 0 Å². The first-order valence-corrected chi connectivity index (χ1v) is 5.96. The lowest BCUT2D eigenvalue weighted by molar-refractivity contribution is 0.124. The minimum absolute atomic E-state index is 0.282. The van der Waals surface area contributed by atoms with Gasteiger partial charge in [-0.25, -0.2) is 4.98 Å². The highest BCUT2D eigenvalue weighted by atomic mass is 16.5. The van der Waals surface area contributed by atoms with Crippen molar-refractivity contribution in [3.63, 3.8) is 0 Å². The summed E-state index contributed by atoms with van der Waals surface area (Å²) in [5.41, 5.74) is 6.35. The quantitative estimate of drug-likeness (QED) is 0.846. The second-order valence-electron chi connectivity index (χ2n) is 4.53. The molecule has 0 aliphatic heterocycles. The molecule has 1 saturated carbocycles. The van der Waals surface area contributed by atoms with Crippen LogP contribution >= 0.6 is 0 Å². The molecule has 0 atom stereocenters. The van der Waals surface area contributed by atoms with E-state index in [1.165, 1.54) is 12.8 Å². The minimum atomic E-state index is 0.282. The molecule has 2 rings (SSSR count). The van der Waals surface area contributed by atoms with Crippen LogP contribution in [0.15, 0.2) is 12.3 Å². The Morgan fingerprint density at radius 3 is 2.81 bits per heavy atom.